The fourth-order valence-electron chi connectivity index (χ4n) is 3.32. The lowest BCUT2D eigenvalue weighted by Gasteiger charge is -2.11. The lowest BCUT2D eigenvalue weighted by molar-refractivity contribution is -0.482. The summed E-state index contributed by atoms with van der Waals surface area (Å²) in [5, 5.41) is 2.10. The summed E-state index contributed by atoms with van der Waals surface area (Å²) in [4.78, 5) is 9.19. The molecule has 4 nitrogen and oxygen atoms in total. The van der Waals surface area contributed by atoms with Crippen molar-refractivity contribution in [1.29, 1.82) is 0 Å². The van der Waals surface area contributed by atoms with Crippen LogP contribution in [0.15, 0.2) is 18.2 Å². The average Bonchev–Trinajstić information content (AvgIpc) is 3.26. The predicted octanol–water partition coefficient (Wildman–Crippen LogP) is 2.17. The molecular formula is C17H21N4+. The fourth-order valence-corrected chi connectivity index (χ4v) is 3.32. The van der Waals surface area contributed by atoms with Gasteiger partial charge in [-0.15, -0.1) is 0 Å². The summed E-state index contributed by atoms with van der Waals surface area (Å²) in [6.45, 7) is 6.19. The van der Waals surface area contributed by atoms with Crippen LogP contribution in [0.4, 0.5) is 17.2 Å². The summed E-state index contributed by atoms with van der Waals surface area (Å²) in [6.07, 6.45) is 2.52. The number of rotatable bonds is 3. The van der Waals surface area contributed by atoms with Crippen LogP contribution in [-0.2, 0) is 5.41 Å². The fraction of sp³-hybridized carbons (Fsp3) is 0.412. The number of aryl methyl sites for hydroxylation is 3. The van der Waals surface area contributed by atoms with Gasteiger partial charge in [0, 0.05) is 11.0 Å². The standard InChI is InChI=1S/C17H20N4/c1-9-4-5-13(10(2)6-9)21-16-14(18)15(19-11(3)20-16)17-7-12(17)8-17/h4-6,12H,7-8,18H2,1-3H3,(H,19,20,21)/p+1. The van der Waals surface area contributed by atoms with Crippen LogP contribution in [-0.4, -0.2) is 9.97 Å². The molecular weight excluding hydrogens is 260 g/mol. The van der Waals surface area contributed by atoms with Crippen molar-refractivity contribution in [3.05, 3.63) is 40.8 Å². The third-order valence-corrected chi connectivity index (χ3v) is 4.96. The van der Waals surface area contributed by atoms with Gasteiger partial charge in [0.25, 0.3) is 5.82 Å². The Morgan fingerprint density at radius 1 is 1.19 bits per heavy atom. The van der Waals surface area contributed by atoms with E-state index in [9.17, 15) is 0 Å². The molecule has 21 heavy (non-hydrogen) atoms. The zero-order valence-electron chi connectivity index (χ0n) is 12.8. The molecule has 2 aromatic rings. The SMILES string of the molecule is Cc1ccc([NH2+]c2nc(C)nc(C34CC3C4)c2N)c(C)c1. The van der Waals surface area contributed by atoms with Gasteiger partial charge in [-0.3, -0.25) is 5.32 Å². The van der Waals surface area contributed by atoms with Crippen LogP contribution in [0.2, 0.25) is 0 Å². The lowest BCUT2D eigenvalue weighted by Crippen LogP contribution is -2.72. The topological polar surface area (TPSA) is 68.4 Å². The average molecular weight is 281 g/mol. The van der Waals surface area contributed by atoms with E-state index in [1.807, 2.05) is 6.92 Å². The minimum atomic E-state index is 0.322. The van der Waals surface area contributed by atoms with Crippen molar-refractivity contribution < 1.29 is 5.32 Å². The van der Waals surface area contributed by atoms with E-state index in [0.717, 1.165) is 28.9 Å². The summed E-state index contributed by atoms with van der Waals surface area (Å²) in [5.41, 5.74) is 12.3. The van der Waals surface area contributed by atoms with Crippen molar-refractivity contribution in [3.8, 4) is 0 Å². The molecule has 0 unspecified atom stereocenters. The Balaban J connectivity index is 1.73. The van der Waals surface area contributed by atoms with Gasteiger partial charge in [-0.2, -0.15) is 4.98 Å². The van der Waals surface area contributed by atoms with Crippen molar-refractivity contribution in [1.82, 2.24) is 9.97 Å². The van der Waals surface area contributed by atoms with E-state index in [2.05, 4.69) is 47.3 Å². The highest BCUT2D eigenvalue weighted by atomic mass is 15.1. The van der Waals surface area contributed by atoms with Gasteiger partial charge in [0.2, 0.25) is 0 Å². The molecule has 0 radical (unpaired) electrons. The van der Waals surface area contributed by atoms with E-state index >= 15 is 0 Å². The van der Waals surface area contributed by atoms with Crippen LogP contribution < -0.4 is 11.1 Å². The van der Waals surface area contributed by atoms with E-state index in [4.69, 9.17) is 5.73 Å². The summed E-state index contributed by atoms with van der Waals surface area (Å²) in [6, 6.07) is 6.45. The Labute approximate surface area is 124 Å². The molecule has 1 aromatic carbocycles. The van der Waals surface area contributed by atoms with Gasteiger partial charge in [-0.05, 0) is 45.6 Å². The van der Waals surface area contributed by atoms with E-state index < -0.39 is 0 Å². The molecule has 0 saturated heterocycles. The second-order valence-corrected chi connectivity index (χ2v) is 6.68. The van der Waals surface area contributed by atoms with Gasteiger partial charge in [0.1, 0.15) is 17.2 Å². The zero-order chi connectivity index (χ0) is 14.8. The van der Waals surface area contributed by atoms with Gasteiger partial charge in [0.05, 0.1) is 5.69 Å². The van der Waals surface area contributed by atoms with Gasteiger partial charge < -0.3 is 5.73 Å². The van der Waals surface area contributed by atoms with Crippen LogP contribution in [0, 0.1) is 26.7 Å². The molecule has 0 amide bonds. The number of anilines is 1. The highest BCUT2D eigenvalue weighted by Gasteiger charge is 2.72. The Morgan fingerprint density at radius 2 is 1.90 bits per heavy atom. The highest BCUT2D eigenvalue weighted by Crippen LogP contribution is 2.76. The first-order valence-corrected chi connectivity index (χ1v) is 7.56. The maximum atomic E-state index is 6.38. The number of aromatic nitrogens is 2. The molecule has 1 aromatic heterocycles. The minimum absolute atomic E-state index is 0.322. The monoisotopic (exact) mass is 281 g/mol. The maximum absolute atomic E-state index is 6.38. The summed E-state index contributed by atoms with van der Waals surface area (Å²) in [5.74, 6) is 2.53. The van der Waals surface area contributed by atoms with Crippen LogP contribution in [0.5, 0.6) is 0 Å². The number of nitrogens with two attached hydrogens (primary N) is 2. The van der Waals surface area contributed by atoms with Crippen LogP contribution in [0.1, 0.15) is 35.5 Å². The molecule has 2 fully saturated rings. The second kappa shape index (κ2) is 4.04. The minimum Gasteiger partial charge on any atom is -0.391 e. The molecule has 0 aliphatic heterocycles. The first-order chi connectivity index (χ1) is 9.99. The summed E-state index contributed by atoms with van der Waals surface area (Å²) < 4.78 is 0. The molecule has 108 valence electrons. The van der Waals surface area contributed by atoms with Crippen molar-refractivity contribution >= 4 is 17.2 Å². The van der Waals surface area contributed by atoms with Crippen molar-refractivity contribution in [3.63, 3.8) is 0 Å². The molecule has 0 bridgehead atoms. The van der Waals surface area contributed by atoms with Crippen molar-refractivity contribution in [2.75, 3.05) is 5.73 Å². The smallest absolute Gasteiger partial charge is 0.256 e. The first-order valence-electron chi connectivity index (χ1n) is 7.56. The van der Waals surface area contributed by atoms with E-state index in [1.165, 1.54) is 29.7 Å². The third kappa shape index (κ3) is 1.94. The van der Waals surface area contributed by atoms with Crippen LogP contribution in [0.25, 0.3) is 0 Å². The molecule has 2 saturated carbocycles. The quantitative estimate of drug-likeness (QED) is 0.847. The Bertz CT molecular complexity index is 745. The molecule has 4 heteroatoms. The van der Waals surface area contributed by atoms with Gasteiger partial charge in [-0.25, -0.2) is 4.98 Å². The molecule has 4 rings (SSSR count). The number of quaternary nitrogens is 1. The van der Waals surface area contributed by atoms with E-state index in [1.54, 1.807) is 0 Å². The Kier molecular flexibility index (Phi) is 2.46. The summed E-state index contributed by atoms with van der Waals surface area (Å²) >= 11 is 0. The van der Waals surface area contributed by atoms with E-state index in [-0.39, 0.29) is 0 Å². The second-order valence-electron chi connectivity index (χ2n) is 6.68. The number of nitrogen functional groups attached to an aromatic ring is 1. The zero-order valence-corrected chi connectivity index (χ0v) is 12.8. The molecule has 2 aliphatic rings. The maximum Gasteiger partial charge on any atom is 0.256 e. The normalized spacial score (nSPS) is 25.6. The van der Waals surface area contributed by atoms with Crippen molar-refractivity contribution in [2.24, 2.45) is 5.92 Å². The number of nitrogens with zero attached hydrogens (tertiary/aromatic N) is 2. The molecule has 0 spiro atoms. The van der Waals surface area contributed by atoms with Gasteiger partial charge in [0.15, 0.2) is 0 Å². The largest absolute Gasteiger partial charge is 0.391 e. The number of fused-ring (bicyclic) bond motifs is 1. The van der Waals surface area contributed by atoms with Crippen molar-refractivity contribution in [2.45, 2.75) is 39.0 Å². The molecule has 0 atom stereocenters. The highest BCUT2D eigenvalue weighted by molar-refractivity contribution is 5.64. The first kappa shape index (κ1) is 12.8. The Hall–Kier alpha value is -1.94. The molecule has 2 aliphatic carbocycles. The number of hydrogen-bond donors (Lipinski definition) is 2. The third-order valence-electron chi connectivity index (χ3n) is 4.96. The van der Waals surface area contributed by atoms with Gasteiger partial charge in [-0.1, -0.05) is 17.7 Å². The predicted molar refractivity (Wildman–Crippen MR) is 82.7 cm³/mol. The molecule has 4 N–H and O–H groups in total. The lowest BCUT2D eigenvalue weighted by atomic mass is 10.1. The number of hydrogen-bond acceptors (Lipinski definition) is 3. The van der Waals surface area contributed by atoms with Crippen LogP contribution >= 0.6 is 0 Å². The van der Waals surface area contributed by atoms with E-state index in [0.29, 0.717) is 5.41 Å². The Morgan fingerprint density at radius 3 is 2.52 bits per heavy atom. The van der Waals surface area contributed by atoms with Crippen LogP contribution in [0.3, 0.4) is 0 Å². The van der Waals surface area contributed by atoms with Gasteiger partial charge >= 0.3 is 0 Å². The summed E-state index contributed by atoms with van der Waals surface area (Å²) in [7, 11) is 0. The molecule has 1 heterocycles. The number of benzene rings is 1.